The average molecular weight is 192 g/mol. The van der Waals surface area contributed by atoms with Crippen molar-refractivity contribution in [3.05, 3.63) is 35.9 Å². The van der Waals surface area contributed by atoms with E-state index in [0.717, 1.165) is 10.5 Å². The smallest absolute Gasteiger partial charge is 0.416 e. The molecule has 0 unspecified atom stereocenters. The van der Waals surface area contributed by atoms with E-state index in [0.29, 0.717) is 0 Å². The number of nitrogens with zero attached hydrogens (tertiary/aromatic N) is 1. The molecule has 0 atom stereocenters. The first-order valence-electron chi connectivity index (χ1n) is 4.05. The Hall–Kier alpha value is -1.84. The van der Waals surface area contributed by atoms with Gasteiger partial charge >= 0.3 is 12.5 Å². The van der Waals surface area contributed by atoms with E-state index in [1.807, 2.05) is 30.3 Å². The highest BCUT2D eigenvalue weighted by atomic mass is 16.5. The fourth-order valence-corrected chi connectivity index (χ4v) is 1.01. The minimum Gasteiger partial charge on any atom is -0.452 e. The third-order valence-electron chi connectivity index (χ3n) is 1.69. The van der Waals surface area contributed by atoms with Crippen molar-refractivity contribution in [2.24, 2.45) is 0 Å². The Labute approximate surface area is 82.1 Å². The van der Waals surface area contributed by atoms with Crippen LogP contribution in [0.15, 0.2) is 30.3 Å². The molecule has 1 aromatic carbocycles. The van der Waals surface area contributed by atoms with Crippen molar-refractivity contribution in [3.8, 4) is 0 Å². The maximum Gasteiger partial charge on any atom is 0.416 e. The molecule has 1 radical (unpaired) electrons. The van der Waals surface area contributed by atoms with E-state index in [4.69, 9.17) is 0 Å². The quantitative estimate of drug-likeness (QED) is 0.678. The van der Waals surface area contributed by atoms with Crippen molar-refractivity contribution >= 4 is 12.5 Å². The van der Waals surface area contributed by atoms with Gasteiger partial charge in [0.1, 0.15) is 0 Å². The Morgan fingerprint density at radius 1 is 1.43 bits per heavy atom. The second kappa shape index (κ2) is 5.01. The Kier molecular flexibility index (Phi) is 3.67. The first kappa shape index (κ1) is 10.2. The zero-order valence-corrected chi connectivity index (χ0v) is 7.77. The molecule has 0 N–H and O–H groups in total. The van der Waals surface area contributed by atoms with Gasteiger partial charge in [-0.05, 0) is 5.56 Å². The number of benzene rings is 1. The van der Waals surface area contributed by atoms with Crippen LogP contribution in [0.1, 0.15) is 5.56 Å². The van der Waals surface area contributed by atoms with Crippen molar-refractivity contribution in [1.29, 1.82) is 0 Å². The van der Waals surface area contributed by atoms with E-state index >= 15 is 0 Å². The fraction of sp³-hybridized carbons (Fsp3) is 0.200. The van der Waals surface area contributed by atoms with Gasteiger partial charge in [-0.15, -0.1) is 0 Å². The van der Waals surface area contributed by atoms with Crippen molar-refractivity contribution < 1.29 is 14.3 Å². The van der Waals surface area contributed by atoms with Crippen LogP contribution in [0.25, 0.3) is 0 Å². The topological polar surface area (TPSA) is 46.6 Å². The molecule has 1 aromatic rings. The standard InChI is InChI=1S/C10H10NO3/c1-14-10(13)11(8-12)7-9-5-3-2-4-6-9/h2-6H,7H2,1H3. The molecule has 0 aromatic heterocycles. The predicted molar refractivity (Wildman–Crippen MR) is 50.1 cm³/mol. The molecule has 1 rings (SSSR count). The zero-order valence-electron chi connectivity index (χ0n) is 7.77. The van der Waals surface area contributed by atoms with E-state index < -0.39 is 6.09 Å². The molecule has 4 nitrogen and oxygen atoms in total. The van der Waals surface area contributed by atoms with Gasteiger partial charge in [-0.25, -0.2) is 9.69 Å². The van der Waals surface area contributed by atoms with Crippen LogP contribution >= 0.6 is 0 Å². The first-order valence-corrected chi connectivity index (χ1v) is 4.05. The number of carbonyl (C=O) groups excluding carboxylic acids is 2. The van der Waals surface area contributed by atoms with Gasteiger partial charge in [0.15, 0.2) is 0 Å². The van der Waals surface area contributed by atoms with Crippen molar-refractivity contribution in [2.75, 3.05) is 7.11 Å². The highest BCUT2D eigenvalue weighted by molar-refractivity contribution is 5.80. The largest absolute Gasteiger partial charge is 0.452 e. The van der Waals surface area contributed by atoms with Crippen LogP contribution < -0.4 is 0 Å². The molecule has 4 heteroatoms. The number of rotatable bonds is 3. The van der Waals surface area contributed by atoms with Gasteiger partial charge < -0.3 is 4.74 Å². The number of hydrogen-bond acceptors (Lipinski definition) is 3. The maximum absolute atomic E-state index is 11.0. The van der Waals surface area contributed by atoms with E-state index in [1.165, 1.54) is 13.5 Å². The van der Waals surface area contributed by atoms with Crippen LogP contribution in [0.3, 0.4) is 0 Å². The third-order valence-corrected chi connectivity index (χ3v) is 1.69. The number of carbonyl (C=O) groups is 1. The summed E-state index contributed by atoms with van der Waals surface area (Å²) in [5, 5.41) is 0. The normalized spacial score (nSPS) is 9.21. The maximum atomic E-state index is 11.0. The Morgan fingerprint density at radius 2 is 2.07 bits per heavy atom. The number of ether oxygens (including phenoxy) is 1. The molecule has 0 aliphatic heterocycles. The summed E-state index contributed by atoms with van der Waals surface area (Å²) < 4.78 is 4.40. The molecule has 0 saturated carbocycles. The highest BCUT2D eigenvalue weighted by Gasteiger charge is 2.13. The first-order chi connectivity index (χ1) is 6.77. The van der Waals surface area contributed by atoms with E-state index in [9.17, 15) is 9.59 Å². The van der Waals surface area contributed by atoms with Crippen molar-refractivity contribution in [3.63, 3.8) is 0 Å². The predicted octanol–water partition coefficient (Wildman–Crippen LogP) is 1.32. The lowest BCUT2D eigenvalue weighted by Gasteiger charge is -2.12. The number of hydrogen-bond donors (Lipinski definition) is 0. The summed E-state index contributed by atoms with van der Waals surface area (Å²) in [4.78, 5) is 22.2. The second-order valence-corrected chi connectivity index (χ2v) is 2.63. The third kappa shape index (κ3) is 2.58. The van der Waals surface area contributed by atoms with Crippen LogP contribution in [0, 0.1) is 0 Å². The van der Waals surface area contributed by atoms with Gasteiger partial charge in [0.25, 0.3) is 0 Å². The van der Waals surface area contributed by atoms with Gasteiger partial charge in [-0.3, -0.25) is 4.79 Å². The number of amides is 2. The van der Waals surface area contributed by atoms with Crippen LogP contribution in [-0.4, -0.2) is 24.5 Å². The van der Waals surface area contributed by atoms with Gasteiger partial charge in [-0.1, -0.05) is 30.3 Å². The van der Waals surface area contributed by atoms with Gasteiger partial charge in [0.2, 0.25) is 0 Å². The van der Waals surface area contributed by atoms with Crippen LogP contribution in [0.4, 0.5) is 4.79 Å². The Balaban J connectivity index is 2.66. The van der Waals surface area contributed by atoms with Crippen LogP contribution in [0.5, 0.6) is 0 Å². The summed E-state index contributed by atoms with van der Waals surface area (Å²) in [5.41, 5.74) is 0.848. The molecule has 0 aliphatic rings. The molecule has 0 heterocycles. The molecule has 73 valence electrons. The monoisotopic (exact) mass is 192 g/mol. The van der Waals surface area contributed by atoms with E-state index in [-0.39, 0.29) is 6.54 Å². The SMILES string of the molecule is COC(=O)N([C]=O)Cc1ccccc1. The lowest BCUT2D eigenvalue weighted by atomic mass is 10.2. The highest BCUT2D eigenvalue weighted by Crippen LogP contribution is 2.03. The molecule has 2 amide bonds. The lowest BCUT2D eigenvalue weighted by molar-refractivity contribution is 0.143. The Bertz CT molecular complexity index is 310. The summed E-state index contributed by atoms with van der Waals surface area (Å²) in [6.45, 7) is 0.178. The number of imide groups is 1. The Morgan fingerprint density at radius 3 is 2.57 bits per heavy atom. The average Bonchev–Trinajstić information content (AvgIpc) is 2.26. The molecule has 0 spiro atoms. The molecular formula is C10H10NO3. The molecule has 14 heavy (non-hydrogen) atoms. The lowest BCUT2D eigenvalue weighted by Crippen LogP contribution is -2.28. The van der Waals surface area contributed by atoms with E-state index in [1.54, 1.807) is 0 Å². The molecule has 0 saturated heterocycles. The summed E-state index contributed by atoms with van der Waals surface area (Å²) in [5.74, 6) is 0. The summed E-state index contributed by atoms with van der Waals surface area (Å²) in [6.07, 6.45) is 0.805. The molecule has 0 aliphatic carbocycles. The van der Waals surface area contributed by atoms with Gasteiger partial charge in [0.05, 0.1) is 13.7 Å². The summed E-state index contributed by atoms with van der Waals surface area (Å²) in [7, 11) is 1.22. The fourth-order valence-electron chi connectivity index (χ4n) is 1.01. The van der Waals surface area contributed by atoms with E-state index in [2.05, 4.69) is 4.74 Å². The zero-order chi connectivity index (χ0) is 10.4. The van der Waals surface area contributed by atoms with Gasteiger partial charge in [-0.2, -0.15) is 0 Å². The molecular weight excluding hydrogens is 182 g/mol. The number of methoxy groups -OCH3 is 1. The molecule has 0 fully saturated rings. The van der Waals surface area contributed by atoms with Crippen molar-refractivity contribution in [2.45, 2.75) is 6.54 Å². The minimum atomic E-state index is -0.705. The van der Waals surface area contributed by atoms with Crippen LogP contribution in [-0.2, 0) is 16.1 Å². The minimum absolute atomic E-state index is 0.178. The van der Waals surface area contributed by atoms with Crippen LogP contribution in [0.2, 0.25) is 0 Å². The van der Waals surface area contributed by atoms with Gasteiger partial charge in [0, 0.05) is 0 Å². The summed E-state index contributed by atoms with van der Waals surface area (Å²) >= 11 is 0. The summed E-state index contributed by atoms with van der Waals surface area (Å²) in [6, 6.07) is 9.14. The second-order valence-electron chi connectivity index (χ2n) is 2.63. The molecule has 0 bridgehead atoms. The van der Waals surface area contributed by atoms with Crippen molar-refractivity contribution in [1.82, 2.24) is 4.90 Å².